The van der Waals surface area contributed by atoms with Crippen molar-refractivity contribution >= 4 is 16.3 Å². The Balaban J connectivity index is 2.46. The minimum atomic E-state index is -1.12. The molecule has 0 spiro atoms. The zero-order chi connectivity index (χ0) is 6.97. The van der Waals surface area contributed by atoms with Crippen molar-refractivity contribution in [2.24, 2.45) is 4.99 Å². The molecule has 0 saturated carbocycles. The summed E-state index contributed by atoms with van der Waals surface area (Å²) in [7, 11) is -1.12. The molecular weight excluding hydrogens is 150 g/mol. The third-order valence-corrected chi connectivity index (χ3v) is 2.26. The van der Waals surface area contributed by atoms with Crippen molar-refractivity contribution in [3.63, 3.8) is 0 Å². The van der Waals surface area contributed by atoms with Gasteiger partial charge < -0.3 is 4.74 Å². The zero-order valence-electron chi connectivity index (χ0n) is 5.11. The van der Waals surface area contributed by atoms with Crippen molar-refractivity contribution in [3.05, 3.63) is 22.9 Å². The van der Waals surface area contributed by atoms with E-state index < -0.39 is 10.8 Å². The van der Waals surface area contributed by atoms with Gasteiger partial charge in [0.25, 0.3) is 0 Å². The van der Waals surface area contributed by atoms with E-state index in [-0.39, 0.29) is 0 Å². The summed E-state index contributed by atoms with van der Waals surface area (Å²) in [5, 5.41) is 0.502. The number of allylic oxidation sites excluding steroid dienone is 1. The maximum Gasteiger partial charge on any atom is 0.215 e. The molecule has 52 valence electrons. The smallest absolute Gasteiger partial charge is 0.215 e. The molecule has 0 bridgehead atoms. The first-order valence-corrected chi connectivity index (χ1v) is 4.07. The summed E-state index contributed by atoms with van der Waals surface area (Å²) in [5.41, 5.74) is 2.09. The van der Waals surface area contributed by atoms with Crippen LogP contribution in [0.25, 0.3) is 0 Å². The van der Waals surface area contributed by atoms with Crippen LogP contribution in [0.4, 0.5) is 0 Å². The van der Waals surface area contributed by atoms with E-state index in [2.05, 4.69) is 4.99 Å². The molecule has 0 fully saturated rings. The van der Waals surface area contributed by atoms with E-state index in [9.17, 15) is 4.21 Å². The van der Waals surface area contributed by atoms with Crippen LogP contribution in [0.5, 0.6) is 0 Å². The fraction of sp³-hybridized carbons (Fsp3) is 0.167. The molecule has 0 aromatic rings. The van der Waals surface area contributed by atoms with Gasteiger partial charge in [-0.25, -0.2) is 9.20 Å². The van der Waals surface area contributed by atoms with Crippen LogP contribution < -0.4 is 0 Å². The third kappa shape index (κ3) is 0.724. The highest BCUT2D eigenvalue weighted by atomic mass is 32.2. The first-order valence-electron chi connectivity index (χ1n) is 2.86. The Bertz CT molecular complexity index is 277. The molecule has 3 nitrogen and oxygen atoms in total. The Morgan fingerprint density at radius 1 is 1.70 bits per heavy atom. The van der Waals surface area contributed by atoms with Crippen LogP contribution in [0.1, 0.15) is 0 Å². The average Bonchev–Trinajstić information content (AvgIpc) is 2.34. The van der Waals surface area contributed by atoms with Gasteiger partial charge in [0.15, 0.2) is 0 Å². The molecule has 10 heavy (non-hydrogen) atoms. The Labute approximate surface area is 60.6 Å². The lowest BCUT2D eigenvalue weighted by Gasteiger charge is -2.06. The van der Waals surface area contributed by atoms with Gasteiger partial charge in [-0.05, 0) is 12.2 Å². The fourth-order valence-corrected chi connectivity index (χ4v) is 1.65. The zero-order valence-corrected chi connectivity index (χ0v) is 5.93. The lowest BCUT2D eigenvalue weighted by atomic mass is 10.4. The molecule has 0 aromatic carbocycles. The molecule has 1 unspecified atom stereocenters. The Morgan fingerprint density at radius 2 is 2.60 bits per heavy atom. The molecule has 2 rings (SSSR count). The maximum absolute atomic E-state index is 11.0. The second kappa shape index (κ2) is 2.05. The van der Waals surface area contributed by atoms with Gasteiger partial charge in [0.05, 0.1) is 5.55 Å². The minimum absolute atomic E-state index is 0.502. The van der Waals surface area contributed by atoms with Crippen molar-refractivity contribution in [1.29, 1.82) is 0 Å². The number of nitrogens with zero attached hydrogens (tertiary/aromatic N) is 1. The number of ether oxygens (including phenoxy) is 1. The molecule has 0 aromatic heterocycles. The van der Waals surface area contributed by atoms with Crippen LogP contribution in [0, 0.1) is 0 Å². The Morgan fingerprint density at radius 3 is 3.40 bits per heavy atom. The number of hydrogen-bond acceptors (Lipinski definition) is 3. The summed E-state index contributed by atoms with van der Waals surface area (Å²) in [4.78, 5) is 3.88. The molecule has 0 amide bonds. The second-order valence-electron chi connectivity index (χ2n) is 1.92. The molecule has 1 atom stereocenters. The minimum Gasteiger partial charge on any atom is -0.479 e. The highest BCUT2D eigenvalue weighted by Gasteiger charge is 2.19. The SMILES string of the molecule is O=S1C=NC2=C1OCC=C2. The van der Waals surface area contributed by atoms with E-state index in [1.165, 1.54) is 5.55 Å². The fourth-order valence-electron chi connectivity index (χ4n) is 0.835. The van der Waals surface area contributed by atoms with Crippen molar-refractivity contribution in [2.45, 2.75) is 0 Å². The number of aliphatic imine (C=N–C) groups is 1. The highest BCUT2D eigenvalue weighted by molar-refractivity contribution is 8.02. The summed E-state index contributed by atoms with van der Waals surface area (Å²) in [6.45, 7) is 0.508. The van der Waals surface area contributed by atoms with Gasteiger partial charge in [-0.15, -0.1) is 0 Å². The van der Waals surface area contributed by atoms with Crippen LogP contribution >= 0.6 is 0 Å². The predicted molar refractivity (Wildman–Crippen MR) is 38.8 cm³/mol. The van der Waals surface area contributed by atoms with Gasteiger partial charge in [0, 0.05) is 0 Å². The van der Waals surface area contributed by atoms with Crippen molar-refractivity contribution in [3.8, 4) is 0 Å². The lowest BCUT2D eigenvalue weighted by Crippen LogP contribution is -2.01. The predicted octanol–water partition coefficient (Wildman–Crippen LogP) is 0.532. The van der Waals surface area contributed by atoms with Crippen LogP contribution in [-0.2, 0) is 15.5 Å². The molecule has 0 N–H and O–H groups in total. The summed E-state index contributed by atoms with van der Waals surface area (Å²) in [6.07, 6.45) is 3.67. The highest BCUT2D eigenvalue weighted by Crippen LogP contribution is 2.21. The van der Waals surface area contributed by atoms with E-state index in [0.29, 0.717) is 17.4 Å². The molecular formula is C6H5NO2S. The molecule has 2 aliphatic rings. The van der Waals surface area contributed by atoms with E-state index in [4.69, 9.17) is 4.74 Å². The van der Waals surface area contributed by atoms with Crippen LogP contribution in [-0.4, -0.2) is 16.4 Å². The second-order valence-corrected chi connectivity index (χ2v) is 3.09. The van der Waals surface area contributed by atoms with Crippen LogP contribution in [0.3, 0.4) is 0 Å². The molecule has 0 saturated heterocycles. The summed E-state index contributed by atoms with van der Waals surface area (Å²) < 4.78 is 16.0. The van der Waals surface area contributed by atoms with Crippen molar-refractivity contribution < 1.29 is 8.95 Å². The summed E-state index contributed by atoms with van der Waals surface area (Å²) >= 11 is 0. The van der Waals surface area contributed by atoms with Crippen molar-refractivity contribution in [2.75, 3.05) is 6.61 Å². The monoisotopic (exact) mass is 155 g/mol. The van der Waals surface area contributed by atoms with Crippen LogP contribution in [0.15, 0.2) is 27.9 Å². The van der Waals surface area contributed by atoms with E-state index in [0.717, 1.165) is 0 Å². The number of rotatable bonds is 0. The molecule has 0 radical (unpaired) electrons. The maximum atomic E-state index is 11.0. The molecule has 4 heteroatoms. The first kappa shape index (κ1) is 5.85. The molecule has 2 heterocycles. The van der Waals surface area contributed by atoms with Gasteiger partial charge in [-0.3, -0.25) is 0 Å². The van der Waals surface area contributed by atoms with E-state index in [1.807, 2.05) is 12.2 Å². The van der Waals surface area contributed by atoms with Crippen LogP contribution in [0.2, 0.25) is 0 Å². The summed E-state index contributed by atoms with van der Waals surface area (Å²) in [5.74, 6) is 0. The van der Waals surface area contributed by atoms with E-state index >= 15 is 0 Å². The van der Waals surface area contributed by atoms with Gasteiger partial charge in [-0.2, -0.15) is 0 Å². The largest absolute Gasteiger partial charge is 0.479 e. The topological polar surface area (TPSA) is 38.7 Å². The quantitative estimate of drug-likeness (QED) is 0.512. The van der Waals surface area contributed by atoms with Gasteiger partial charge >= 0.3 is 0 Å². The molecule has 2 aliphatic heterocycles. The first-order chi connectivity index (χ1) is 4.88. The number of hydrogen-bond donors (Lipinski definition) is 0. The Kier molecular flexibility index (Phi) is 1.20. The lowest BCUT2D eigenvalue weighted by molar-refractivity contribution is 0.268. The average molecular weight is 155 g/mol. The summed E-state index contributed by atoms with van der Waals surface area (Å²) in [6, 6.07) is 0. The molecule has 0 aliphatic carbocycles. The van der Waals surface area contributed by atoms with Gasteiger partial charge in [-0.1, -0.05) is 0 Å². The normalized spacial score (nSPS) is 28.6. The third-order valence-electron chi connectivity index (χ3n) is 1.27. The van der Waals surface area contributed by atoms with E-state index in [1.54, 1.807) is 0 Å². The standard InChI is InChI=1S/C6H5NO2S/c8-10-4-7-5-2-1-3-9-6(5)10/h1-2,4H,3H2. The van der Waals surface area contributed by atoms with Crippen molar-refractivity contribution in [1.82, 2.24) is 0 Å². The van der Waals surface area contributed by atoms with Gasteiger partial charge in [0.2, 0.25) is 5.09 Å². The Hall–Kier alpha value is -0.900. The van der Waals surface area contributed by atoms with Gasteiger partial charge in [0.1, 0.15) is 23.1 Å².